The Morgan fingerprint density at radius 2 is 0.840 bits per heavy atom. The number of benzene rings is 6. The summed E-state index contributed by atoms with van der Waals surface area (Å²) in [5.41, 5.74) is 24.2. The molecular weight excluding hydrogens is 1340 g/mol. The second-order valence-corrected chi connectivity index (χ2v) is 27.5. The summed E-state index contributed by atoms with van der Waals surface area (Å²) in [5, 5.41) is 28.0. The number of para-hydroxylation sites is 3. The number of nitrogens with zero attached hydrogens (tertiary/aromatic N) is 14. The summed E-state index contributed by atoms with van der Waals surface area (Å²) in [6.45, 7) is 17.9. The first kappa shape index (κ1) is 73.2. The number of hydrogen-bond acceptors (Lipinski definition) is 21. The topological polar surface area (TPSA) is 347 Å². The molecule has 0 bridgehead atoms. The van der Waals surface area contributed by atoms with Crippen molar-refractivity contribution < 1.29 is 43.2 Å². The number of carbonyl (C=O) groups is 3. The molecule has 3 atom stereocenters. The third-order valence-electron chi connectivity index (χ3n) is 17.7. The number of likely N-dealkylation sites (tertiary alicyclic amines) is 3. The predicted molar refractivity (Wildman–Crippen MR) is 405 cm³/mol. The molecule has 9 heterocycles. The molecule has 27 nitrogen and oxygen atoms in total. The summed E-state index contributed by atoms with van der Waals surface area (Å²) in [5.74, 6) is 5.62. The molecular formula is C79H86N18O9. The Bertz CT molecular complexity index is 4970. The van der Waals surface area contributed by atoms with Crippen molar-refractivity contribution in [2.45, 2.75) is 122 Å². The van der Waals surface area contributed by atoms with Gasteiger partial charge in [-0.1, -0.05) is 61.2 Å². The smallest absolute Gasteiger partial charge is 0.410 e. The first-order valence-electron chi connectivity index (χ1n) is 35.1. The van der Waals surface area contributed by atoms with Crippen LogP contribution in [0.15, 0.2) is 195 Å². The molecule has 3 amide bonds. The standard InChI is InChI=1S/C27H30N6O3.C25H24N6O2.C17H13N5O.C10H19NO3/c1-27(2,3)36-26(34)32-15-7-8-19(32)16-33-25-22(24(28)29-17-30-25)23(31-33)18-11-13-21(14-12-18)35-20-9-5-4-6-10-20;1-2-21(32)30-14-6-7-18(30)15-31-25-22(24(26)27-16-28-25)23(29-31)17-10-12-20(13-11-17)33-19-8-4-3-5-9-19;18-16-14-15(21-22-17(14)20-10-19-16)11-6-8-13(9-7-11)23-12-4-2-1-3-5-12;1-10(2,3)14-9(13)11-6-4-5-8(11)7-12/h4-6,9-14,17,19H,7-8,15-16H2,1-3H3,(H2,28,29,30);2-5,8-13,16,18H,1,6-7,14-15H2,(H2,26,27,28);1-10H,(H3,18,19,20,21,22);8,12H,4-7H2,1-3H3/t;;;8-/m...1/s1. The minimum absolute atomic E-state index is 0.0270. The lowest BCUT2D eigenvalue weighted by atomic mass is 10.1. The van der Waals surface area contributed by atoms with Gasteiger partial charge >= 0.3 is 12.2 Å². The molecule has 8 N–H and O–H groups in total. The van der Waals surface area contributed by atoms with E-state index in [2.05, 4.69) is 46.7 Å². The molecule has 3 fully saturated rings. The van der Waals surface area contributed by atoms with E-state index in [1.54, 1.807) is 9.80 Å². The normalized spacial score (nSPS) is 15.6. The summed E-state index contributed by atoms with van der Waals surface area (Å²) in [7, 11) is 0. The number of amides is 3. The van der Waals surface area contributed by atoms with Gasteiger partial charge in [0.25, 0.3) is 0 Å². The number of nitrogens with two attached hydrogens (primary N) is 3. The summed E-state index contributed by atoms with van der Waals surface area (Å²) < 4.78 is 32.1. The van der Waals surface area contributed by atoms with Gasteiger partial charge in [0.1, 0.15) is 93.5 Å². The van der Waals surface area contributed by atoms with Crippen molar-refractivity contribution >= 4 is 68.6 Å². The lowest BCUT2D eigenvalue weighted by Gasteiger charge is -2.28. The van der Waals surface area contributed by atoms with Gasteiger partial charge in [-0.25, -0.2) is 48.9 Å². The Hall–Kier alpha value is -12.5. The fraction of sp³-hybridized carbons (Fsp3) is 0.291. The second kappa shape index (κ2) is 32.9. The Balaban J connectivity index is 0.000000139. The maximum atomic E-state index is 12.8. The molecule has 3 aliphatic rings. The maximum absolute atomic E-state index is 12.8. The Labute approximate surface area is 613 Å². The number of H-pyrrole nitrogens is 1. The van der Waals surface area contributed by atoms with E-state index < -0.39 is 11.2 Å². The van der Waals surface area contributed by atoms with Crippen LogP contribution in [0.1, 0.15) is 80.1 Å². The number of aliphatic hydroxyl groups is 1. The van der Waals surface area contributed by atoms with Crippen molar-refractivity contribution in [2.75, 3.05) is 43.4 Å². The molecule has 15 rings (SSSR count). The third-order valence-corrected chi connectivity index (χ3v) is 17.7. The minimum Gasteiger partial charge on any atom is -0.457 e. The first-order valence-corrected chi connectivity index (χ1v) is 35.1. The molecule has 0 saturated carbocycles. The first-order chi connectivity index (χ1) is 51.2. The van der Waals surface area contributed by atoms with Gasteiger partial charge < -0.3 is 60.7 Å². The van der Waals surface area contributed by atoms with Gasteiger partial charge in [-0.15, -0.1) is 0 Å². The molecule has 0 radical (unpaired) electrons. The molecule has 0 spiro atoms. The minimum atomic E-state index is -0.548. The molecule has 27 heteroatoms. The summed E-state index contributed by atoms with van der Waals surface area (Å²) in [6, 6.07) is 51.9. The summed E-state index contributed by atoms with van der Waals surface area (Å²) >= 11 is 0. The highest BCUT2D eigenvalue weighted by Gasteiger charge is 2.35. The van der Waals surface area contributed by atoms with E-state index in [1.165, 1.54) is 25.1 Å². The van der Waals surface area contributed by atoms with Crippen LogP contribution in [0.3, 0.4) is 0 Å². The van der Waals surface area contributed by atoms with Crippen LogP contribution in [-0.4, -0.2) is 153 Å². The number of ether oxygens (including phenoxy) is 5. The van der Waals surface area contributed by atoms with Crippen LogP contribution >= 0.6 is 0 Å². The fourth-order valence-corrected chi connectivity index (χ4v) is 12.7. The lowest BCUT2D eigenvalue weighted by Crippen LogP contribution is -2.41. The number of nitrogens with one attached hydrogen (secondary N) is 1. The molecule has 12 aromatic rings. The molecule has 546 valence electrons. The highest BCUT2D eigenvalue weighted by atomic mass is 16.6. The maximum Gasteiger partial charge on any atom is 0.410 e. The summed E-state index contributed by atoms with van der Waals surface area (Å²) in [6.07, 6.45) is 10.5. The van der Waals surface area contributed by atoms with Gasteiger partial charge in [-0.3, -0.25) is 9.89 Å². The van der Waals surface area contributed by atoms with Crippen LogP contribution in [-0.2, 0) is 27.4 Å². The molecule has 2 unspecified atom stereocenters. The molecule has 3 saturated heterocycles. The van der Waals surface area contributed by atoms with Crippen LogP contribution in [0.25, 0.3) is 66.9 Å². The number of carbonyl (C=O) groups excluding carboxylic acids is 3. The van der Waals surface area contributed by atoms with Crippen LogP contribution in [0, 0.1) is 0 Å². The largest absolute Gasteiger partial charge is 0.457 e. The number of aliphatic hydroxyl groups excluding tert-OH is 1. The zero-order valence-electron chi connectivity index (χ0n) is 60.0. The second-order valence-electron chi connectivity index (χ2n) is 27.5. The van der Waals surface area contributed by atoms with E-state index >= 15 is 0 Å². The predicted octanol–water partition coefficient (Wildman–Crippen LogP) is 14.1. The Morgan fingerprint density at radius 1 is 0.481 bits per heavy atom. The Morgan fingerprint density at radius 3 is 1.25 bits per heavy atom. The van der Waals surface area contributed by atoms with E-state index in [1.807, 2.05) is 220 Å². The lowest BCUT2D eigenvalue weighted by molar-refractivity contribution is -0.127. The molecule has 106 heavy (non-hydrogen) atoms. The molecule has 3 aliphatic heterocycles. The van der Waals surface area contributed by atoms with E-state index in [9.17, 15) is 14.4 Å². The van der Waals surface area contributed by atoms with E-state index in [0.29, 0.717) is 82.7 Å². The monoisotopic (exact) mass is 1430 g/mol. The van der Waals surface area contributed by atoms with Crippen molar-refractivity contribution in [3.8, 4) is 68.3 Å². The van der Waals surface area contributed by atoms with Crippen molar-refractivity contribution in [2.24, 2.45) is 0 Å². The Kier molecular flexibility index (Phi) is 22.7. The number of fused-ring (bicyclic) bond motifs is 3. The zero-order chi connectivity index (χ0) is 74.5. The zero-order valence-corrected chi connectivity index (χ0v) is 60.0. The van der Waals surface area contributed by atoms with Crippen LogP contribution in [0.2, 0.25) is 0 Å². The quantitative estimate of drug-likeness (QED) is 0.0595. The average Bonchev–Trinajstić information content (AvgIpc) is 1.62. The molecule has 0 aliphatic carbocycles. The van der Waals surface area contributed by atoms with Crippen LogP contribution in [0.5, 0.6) is 34.5 Å². The fourth-order valence-electron chi connectivity index (χ4n) is 12.7. The van der Waals surface area contributed by atoms with Gasteiger partial charge in [0.2, 0.25) is 5.91 Å². The third kappa shape index (κ3) is 17.9. The average molecular weight is 1430 g/mol. The van der Waals surface area contributed by atoms with Gasteiger partial charge in [-0.05, 0) is 195 Å². The number of aromatic nitrogens is 12. The number of nitrogen functional groups attached to an aromatic ring is 3. The van der Waals surface area contributed by atoms with Gasteiger partial charge in [0, 0.05) is 36.3 Å². The van der Waals surface area contributed by atoms with E-state index in [4.69, 9.17) is 56.2 Å². The highest BCUT2D eigenvalue weighted by Crippen LogP contribution is 2.37. The molecule has 6 aromatic carbocycles. The number of hydrogen-bond donors (Lipinski definition) is 5. The van der Waals surface area contributed by atoms with Crippen molar-refractivity contribution in [3.05, 3.63) is 195 Å². The molecule has 6 aromatic heterocycles. The highest BCUT2D eigenvalue weighted by molar-refractivity contribution is 6.00. The van der Waals surface area contributed by atoms with Gasteiger partial charge in [-0.2, -0.15) is 15.3 Å². The van der Waals surface area contributed by atoms with E-state index in [-0.39, 0.29) is 42.8 Å². The van der Waals surface area contributed by atoms with Crippen molar-refractivity contribution in [1.29, 1.82) is 0 Å². The summed E-state index contributed by atoms with van der Waals surface area (Å²) in [4.78, 5) is 67.3. The number of anilines is 3. The van der Waals surface area contributed by atoms with Gasteiger partial charge in [0.15, 0.2) is 16.9 Å². The van der Waals surface area contributed by atoms with Crippen LogP contribution in [0.4, 0.5) is 27.0 Å². The number of aromatic amines is 1. The van der Waals surface area contributed by atoms with Gasteiger partial charge in [0.05, 0.1) is 59.7 Å². The van der Waals surface area contributed by atoms with Crippen molar-refractivity contribution in [1.82, 2.24) is 74.4 Å². The van der Waals surface area contributed by atoms with Crippen molar-refractivity contribution in [3.63, 3.8) is 0 Å². The van der Waals surface area contributed by atoms with E-state index in [0.717, 1.165) is 107 Å². The number of rotatable bonds is 15. The van der Waals surface area contributed by atoms with Crippen LogP contribution < -0.4 is 31.4 Å². The SMILES string of the molecule is C=CC(=O)N1CCCC1Cn1nc(-c2ccc(Oc3ccccc3)cc2)c2c(N)ncnc21.CC(C)(C)OC(=O)N1CCCC1Cn1nc(-c2ccc(Oc3ccccc3)cc2)c2c(N)ncnc21.CC(C)(C)OC(=O)N1CCC[C@@H]1CO.Nc1ncnc2n[nH]c(-c3ccc(Oc4ccccc4)cc3)c12.